The predicted molar refractivity (Wildman–Crippen MR) is 513 cm³/mol. The van der Waals surface area contributed by atoms with Crippen LogP contribution in [0.2, 0.25) is 0 Å². The number of H-pyrrole nitrogens is 1. The second-order valence-corrected chi connectivity index (χ2v) is 39.4. The standard InChI is InChI=1S/C95H164N22O15/c1-20-62(12)81(93(130)102-56-78(118)103-63(13)83(120)113-79(60(8)9)95(132)112-75(52-59(6)7)89(126)107-71(42-28-33-47-98)87(124)114-80(61(10)11)94(131)108-73(82(100)119)50-57(2)3)115-88(125)72(44-30-35-49-117(17,18)19)104-85(122)70(43-29-34-48-116(14,15)16)105-91(128)76(53-64-36-22-21-23-37-64)111-90(127)74(51-58(4)5)110-86(123)69(41-27-32-46-97)106-92(129)77(109-84(121)67(99)39-26-31-45-96)54-65-55-101-68-40-25-24-38-66(65)68/h21-25,36-38,40,55,57-63,67,69-77,79-81,101H,20,26-35,39,41-54,56,96-99H2,1-19H3,(H14-2,100,102,103,104,105,106,107,108,109,110,111,112,113,114,115,118,119,120,121,122,123,124,125,126,127,128,129,130,131,132)/p+2/t62-,63-,67-,69-,70-,71-,72-,73-,74-,75-,76-,77-,79-,80-,81-/m0/s1. The fourth-order valence-corrected chi connectivity index (χ4v) is 15.1. The zero-order chi connectivity index (χ0) is 99.3. The highest BCUT2D eigenvalue weighted by molar-refractivity contribution is 6.01. The number of nitrogens with one attached hydrogen (secondary N) is 15. The third-order valence-corrected chi connectivity index (χ3v) is 23.1. The molecule has 3 aromatic rings. The van der Waals surface area contributed by atoms with Gasteiger partial charge < -0.3 is 117 Å². The van der Waals surface area contributed by atoms with Crippen molar-refractivity contribution < 1.29 is 80.9 Å². The topological polar surface area (TPSA) is 570 Å². The molecule has 0 aliphatic carbocycles. The van der Waals surface area contributed by atoms with Crippen molar-refractivity contribution in [3.63, 3.8) is 0 Å². The maximum absolute atomic E-state index is 15.3. The Morgan fingerprint density at radius 1 is 0.356 bits per heavy atom. The van der Waals surface area contributed by atoms with E-state index in [1.165, 1.54) is 6.92 Å². The van der Waals surface area contributed by atoms with Gasteiger partial charge in [0.1, 0.15) is 78.5 Å². The summed E-state index contributed by atoms with van der Waals surface area (Å²) in [4.78, 5) is 218. The molecule has 0 radical (unpaired) electrons. The Bertz CT molecular complexity index is 4130. The molecule has 1 aromatic heterocycles. The van der Waals surface area contributed by atoms with Crippen LogP contribution in [-0.2, 0) is 84.8 Å². The van der Waals surface area contributed by atoms with Gasteiger partial charge in [-0.05, 0) is 188 Å². The molecule has 0 fully saturated rings. The Morgan fingerprint density at radius 3 is 1.13 bits per heavy atom. The molecule has 0 aliphatic heterocycles. The summed E-state index contributed by atoms with van der Waals surface area (Å²) in [6.45, 7) is 24.4. The van der Waals surface area contributed by atoms with Gasteiger partial charge in [0.15, 0.2) is 0 Å². The highest BCUT2D eigenvalue weighted by Gasteiger charge is 2.40. The van der Waals surface area contributed by atoms with E-state index in [0.717, 1.165) is 16.5 Å². The van der Waals surface area contributed by atoms with Gasteiger partial charge in [0.2, 0.25) is 88.6 Å². The molecule has 1 heterocycles. The number of nitrogens with zero attached hydrogens (tertiary/aromatic N) is 2. The molecule has 2 aromatic carbocycles. The largest absolute Gasteiger partial charge is 0.368 e. The van der Waals surface area contributed by atoms with E-state index < -0.39 is 197 Å². The predicted octanol–water partition coefficient (Wildman–Crippen LogP) is 1.84. The molecule has 0 bridgehead atoms. The molecule has 132 heavy (non-hydrogen) atoms. The number of primary amides is 1. The first-order valence-electron chi connectivity index (χ1n) is 47.6. The average molecular weight is 1860 g/mol. The lowest BCUT2D eigenvalue weighted by Gasteiger charge is -2.30. The maximum Gasteiger partial charge on any atom is 0.243 e. The number of para-hydroxylation sites is 1. The number of carbonyl (C=O) groups is 15. The van der Waals surface area contributed by atoms with Gasteiger partial charge in [-0.25, -0.2) is 0 Å². The van der Waals surface area contributed by atoms with Crippen molar-refractivity contribution in [1.82, 2.24) is 79.4 Å². The van der Waals surface area contributed by atoms with Crippen LogP contribution in [0.3, 0.4) is 0 Å². The van der Waals surface area contributed by atoms with Crippen molar-refractivity contribution in [2.75, 3.05) is 81.6 Å². The van der Waals surface area contributed by atoms with Crippen LogP contribution in [0, 0.1) is 35.5 Å². The van der Waals surface area contributed by atoms with Crippen molar-refractivity contribution in [1.29, 1.82) is 0 Å². The summed E-state index contributed by atoms with van der Waals surface area (Å²) in [6.07, 6.45) is 8.27. The first kappa shape index (κ1) is 116. The van der Waals surface area contributed by atoms with Crippen molar-refractivity contribution in [2.24, 2.45) is 64.2 Å². The van der Waals surface area contributed by atoms with Gasteiger partial charge in [-0.2, -0.15) is 0 Å². The molecule has 744 valence electrons. The molecule has 0 unspecified atom stereocenters. The zero-order valence-corrected chi connectivity index (χ0v) is 82.3. The van der Waals surface area contributed by atoms with Gasteiger partial charge in [0.05, 0.1) is 68.0 Å². The number of quaternary nitrogens is 2. The number of amides is 15. The molecule has 25 N–H and O–H groups in total. The number of nitrogens with two attached hydrogens (primary N) is 5. The number of benzene rings is 2. The normalized spacial score (nSPS) is 15.2. The lowest BCUT2D eigenvalue weighted by atomic mass is 9.97. The number of carbonyl (C=O) groups excluding carboxylic acids is 15. The van der Waals surface area contributed by atoms with Crippen molar-refractivity contribution in [3.8, 4) is 0 Å². The first-order valence-corrected chi connectivity index (χ1v) is 47.6. The van der Waals surface area contributed by atoms with Gasteiger partial charge >= 0.3 is 0 Å². The smallest absolute Gasteiger partial charge is 0.243 e. The van der Waals surface area contributed by atoms with Gasteiger partial charge in [-0.1, -0.05) is 144 Å². The summed E-state index contributed by atoms with van der Waals surface area (Å²) in [5.74, 6) is -12.8. The number of hydrogen-bond donors (Lipinski definition) is 20. The van der Waals surface area contributed by atoms with Crippen molar-refractivity contribution >= 4 is 99.5 Å². The molecule has 0 aliphatic rings. The lowest BCUT2D eigenvalue weighted by molar-refractivity contribution is -0.870. The Kier molecular flexibility index (Phi) is 52.2. The molecule has 0 saturated heterocycles. The minimum Gasteiger partial charge on any atom is -0.368 e. The minimum atomic E-state index is -1.37. The molecule has 15 amide bonds. The highest BCUT2D eigenvalue weighted by Crippen LogP contribution is 2.22. The maximum atomic E-state index is 15.3. The van der Waals surface area contributed by atoms with Gasteiger partial charge in [-0.3, -0.25) is 71.9 Å². The van der Waals surface area contributed by atoms with Crippen LogP contribution in [0.1, 0.15) is 223 Å². The Labute approximate surface area is 783 Å². The van der Waals surface area contributed by atoms with Crippen LogP contribution in [0.5, 0.6) is 0 Å². The number of rotatable bonds is 65. The number of hydrogen-bond acceptors (Lipinski definition) is 19. The van der Waals surface area contributed by atoms with Crippen LogP contribution < -0.4 is 103 Å². The Hall–Kier alpha value is -10.2. The third-order valence-electron chi connectivity index (χ3n) is 23.1. The molecular weight excluding hydrogens is 1690 g/mol. The van der Waals surface area contributed by atoms with Crippen LogP contribution in [0.4, 0.5) is 0 Å². The number of fused-ring (bicyclic) bond motifs is 1. The van der Waals surface area contributed by atoms with E-state index in [1.54, 1.807) is 78.1 Å². The van der Waals surface area contributed by atoms with Crippen LogP contribution >= 0.6 is 0 Å². The van der Waals surface area contributed by atoms with E-state index in [0.29, 0.717) is 118 Å². The fourth-order valence-electron chi connectivity index (χ4n) is 15.1. The summed E-state index contributed by atoms with van der Waals surface area (Å²) in [6, 6.07) is -0.701. The second-order valence-electron chi connectivity index (χ2n) is 39.4. The van der Waals surface area contributed by atoms with Crippen molar-refractivity contribution in [3.05, 3.63) is 71.9 Å². The van der Waals surface area contributed by atoms with E-state index in [9.17, 15) is 52.7 Å². The first-order chi connectivity index (χ1) is 62.0. The number of unbranched alkanes of at least 4 members (excludes halogenated alkanes) is 5. The summed E-state index contributed by atoms with van der Waals surface area (Å²) >= 11 is 0. The van der Waals surface area contributed by atoms with Gasteiger partial charge in [0, 0.05) is 29.9 Å². The molecule has 37 nitrogen and oxygen atoms in total. The van der Waals surface area contributed by atoms with E-state index in [2.05, 4.69) is 79.4 Å². The Morgan fingerprint density at radius 2 is 0.705 bits per heavy atom. The number of aromatic amines is 1. The molecule has 37 heteroatoms. The van der Waals surface area contributed by atoms with Crippen LogP contribution in [0.15, 0.2) is 60.8 Å². The second kappa shape index (κ2) is 59.4. The lowest BCUT2D eigenvalue weighted by Crippen LogP contribution is -2.61. The fraction of sp³-hybridized carbons (Fsp3) is 0.695. The molecule has 3 rings (SSSR count). The molecule has 15 atom stereocenters. The monoisotopic (exact) mass is 1860 g/mol. The third kappa shape index (κ3) is 44.1. The van der Waals surface area contributed by atoms with E-state index >= 15 is 19.2 Å². The van der Waals surface area contributed by atoms with E-state index in [4.69, 9.17) is 28.7 Å². The van der Waals surface area contributed by atoms with Crippen LogP contribution in [0.25, 0.3) is 10.9 Å². The van der Waals surface area contributed by atoms with E-state index in [1.807, 2.05) is 108 Å². The van der Waals surface area contributed by atoms with Gasteiger partial charge in [-0.15, -0.1) is 0 Å². The molecule has 0 saturated carbocycles. The SMILES string of the molecule is CC[C@H](C)[C@H](NC(=O)[C@H](CCCC[N+](C)(C)C)NC(=O)[C@H](CCCC[N+](C)(C)C)NC(=O)[C@H](Cc1ccccc1)NC(=O)[C@H](CC(C)C)NC(=O)[C@H](CCCCN)NC(=O)[C@H](Cc1c[nH]c2ccccc12)NC(=O)[C@@H](N)CCCCN)C(=O)NCC(=O)N[C@@H](C)C(=O)N[C@H](C(=O)N[C@@H](CC(C)C)C(=O)N[C@@H](CCCCN)C(=O)N[C@H](C(=O)N[C@@H](CC(C)C)C(N)=O)C(C)C)C(C)C. The highest BCUT2D eigenvalue weighted by atomic mass is 16.2. The van der Waals surface area contributed by atoms with Crippen molar-refractivity contribution in [2.45, 2.75) is 309 Å². The van der Waals surface area contributed by atoms with Gasteiger partial charge in [0.25, 0.3) is 0 Å². The average Bonchev–Trinajstić information content (AvgIpc) is 1.67. The summed E-state index contributed by atoms with van der Waals surface area (Å²) < 4.78 is 1.18. The van der Waals surface area contributed by atoms with E-state index in [-0.39, 0.29) is 82.1 Å². The van der Waals surface area contributed by atoms with Crippen LogP contribution in [-0.4, -0.2) is 269 Å². The zero-order valence-electron chi connectivity index (χ0n) is 82.3. The summed E-state index contributed by atoms with van der Waals surface area (Å²) in [7, 11) is 12.1. The summed E-state index contributed by atoms with van der Waals surface area (Å²) in [5.41, 5.74) is 31.6. The molecule has 0 spiro atoms. The Balaban J connectivity index is 1.96. The quantitative estimate of drug-likeness (QED) is 0.0283. The molecular formula is C95H166N22O15+2. The number of aromatic nitrogens is 1. The summed E-state index contributed by atoms with van der Waals surface area (Å²) in [5, 5.41) is 39.9. The minimum absolute atomic E-state index is 0.00617.